The standard InChI is InChI=1S/C11H22N2S2/c1-3-10(2)12-6-4-11(5-7-12)8-13(9-11)15-14/h10,14H,3-9H2,1-2H3. The number of likely N-dealkylation sites (tertiary alicyclic amines) is 1. The summed E-state index contributed by atoms with van der Waals surface area (Å²) in [4.78, 5) is 2.65. The smallest absolute Gasteiger partial charge is 0.0168 e. The normalized spacial score (nSPS) is 29.0. The Bertz CT molecular complexity index is 207. The maximum atomic E-state index is 4.25. The molecule has 4 heteroatoms. The summed E-state index contributed by atoms with van der Waals surface area (Å²) in [6.45, 7) is 9.78. The molecule has 0 aromatic heterocycles. The SMILES string of the molecule is CCC(C)N1CCC2(CC1)CN(SS)C2. The number of rotatable bonds is 3. The summed E-state index contributed by atoms with van der Waals surface area (Å²) >= 11 is 4.25. The molecule has 0 radical (unpaired) electrons. The summed E-state index contributed by atoms with van der Waals surface area (Å²) < 4.78 is 2.36. The van der Waals surface area contributed by atoms with Gasteiger partial charge in [-0.15, -0.1) is 0 Å². The predicted molar refractivity (Wildman–Crippen MR) is 71.1 cm³/mol. The van der Waals surface area contributed by atoms with Crippen LogP contribution in [0.15, 0.2) is 0 Å². The molecule has 2 aliphatic heterocycles. The summed E-state index contributed by atoms with van der Waals surface area (Å²) in [5.74, 6) is 0. The van der Waals surface area contributed by atoms with Gasteiger partial charge in [-0.3, -0.25) is 0 Å². The number of hydrogen-bond acceptors (Lipinski definition) is 4. The van der Waals surface area contributed by atoms with E-state index in [1.165, 1.54) is 45.4 Å². The average Bonchev–Trinajstić information content (AvgIpc) is 2.25. The van der Waals surface area contributed by atoms with Crippen molar-refractivity contribution in [2.45, 2.75) is 39.2 Å². The second kappa shape index (κ2) is 4.86. The molecule has 0 aliphatic carbocycles. The van der Waals surface area contributed by atoms with E-state index in [2.05, 4.69) is 34.7 Å². The highest BCUT2D eigenvalue weighted by atomic mass is 33.1. The van der Waals surface area contributed by atoms with Crippen LogP contribution in [0.25, 0.3) is 0 Å². The molecule has 1 atom stereocenters. The van der Waals surface area contributed by atoms with Crippen LogP contribution in [0.2, 0.25) is 0 Å². The lowest BCUT2D eigenvalue weighted by molar-refractivity contribution is -0.00399. The molecular weight excluding hydrogens is 224 g/mol. The van der Waals surface area contributed by atoms with E-state index in [4.69, 9.17) is 0 Å². The van der Waals surface area contributed by atoms with Gasteiger partial charge in [0.2, 0.25) is 0 Å². The molecule has 2 aliphatic rings. The van der Waals surface area contributed by atoms with Crippen LogP contribution < -0.4 is 0 Å². The van der Waals surface area contributed by atoms with Gasteiger partial charge >= 0.3 is 0 Å². The van der Waals surface area contributed by atoms with Gasteiger partial charge in [0.05, 0.1) is 0 Å². The molecule has 2 saturated heterocycles. The third-order valence-corrected chi connectivity index (χ3v) is 5.39. The van der Waals surface area contributed by atoms with Crippen LogP contribution in [-0.4, -0.2) is 41.4 Å². The molecule has 0 N–H and O–H groups in total. The lowest BCUT2D eigenvalue weighted by Gasteiger charge is -2.53. The first-order chi connectivity index (χ1) is 7.19. The monoisotopic (exact) mass is 246 g/mol. The molecule has 0 amide bonds. The third kappa shape index (κ3) is 2.48. The van der Waals surface area contributed by atoms with E-state index in [1.807, 2.05) is 0 Å². The Morgan fingerprint density at radius 2 is 1.93 bits per heavy atom. The van der Waals surface area contributed by atoms with E-state index < -0.39 is 0 Å². The van der Waals surface area contributed by atoms with Gasteiger partial charge in [-0.1, -0.05) is 18.6 Å². The Morgan fingerprint density at radius 3 is 2.40 bits per heavy atom. The minimum Gasteiger partial charge on any atom is -0.301 e. The Labute approximate surface area is 103 Å². The fraction of sp³-hybridized carbons (Fsp3) is 1.00. The van der Waals surface area contributed by atoms with Gasteiger partial charge in [-0.25, -0.2) is 4.31 Å². The molecule has 2 rings (SSSR count). The maximum Gasteiger partial charge on any atom is 0.0168 e. The summed E-state index contributed by atoms with van der Waals surface area (Å²) in [5, 5.41) is 0. The summed E-state index contributed by atoms with van der Waals surface area (Å²) in [6, 6.07) is 0.776. The van der Waals surface area contributed by atoms with Crippen LogP contribution in [0.1, 0.15) is 33.1 Å². The first-order valence-electron chi connectivity index (χ1n) is 6.00. The second-order valence-corrected chi connectivity index (χ2v) is 6.34. The van der Waals surface area contributed by atoms with Crippen molar-refractivity contribution >= 4 is 22.6 Å². The fourth-order valence-electron chi connectivity index (χ4n) is 2.77. The van der Waals surface area contributed by atoms with Gasteiger partial charge in [-0.05, 0) is 50.3 Å². The van der Waals surface area contributed by atoms with Crippen molar-refractivity contribution in [3.63, 3.8) is 0 Å². The molecule has 1 unspecified atom stereocenters. The number of piperidine rings is 1. The van der Waals surface area contributed by atoms with Gasteiger partial charge in [0.25, 0.3) is 0 Å². The van der Waals surface area contributed by atoms with Gasteiger partial charge in [0, 0.05) is 24.5 Å². The van der Waals surface area contributed by atoms with Crippen molar-refractivity contribution in [3.8, 4) is 0 Å². The van der Waals surface area contributed by atoms with Gasteiger partial charge in [0.1, 0.15) is 0 Å². The first kappa shape index (κ1) is 12.1. The molecule has 0 aromatic carbocycles. The fourth-order valence-corrected chi connectivity index (χ4v) is 3.78. The van der Waals surface area contributed by atoms with Crippen molar-refractivity contribution in [3.05, 3.63) is 0 Å². The Morgan fingerprint density at radius 1 is 1.33 bits per heavy atom. The van der Waals surface area contributed by atoms with E-state index in [0.717, 1.165) is 6.04 Å². The molecule has 0 saturated carbocycles. The first-order valence-corrected chi connectivity index (χ1v) is 7.82. The van der Waals surface area contributed by atoms with Crippen molar-refractivity contribution in [1.29, 1.82) is 0 Å². The minimum absolute atomic E-state index is 0.652. The summed E-state index contributed by atoms with van der Waals surface area (Å²) in [7, 11) is 1.60. The van der Waals surface area contributed by atoms with Crippen LogP contribution in [0, 0.1) is 5.41 Å². The average molecular weight is 246 g/mol. The molecule has 2 heterocycles. The zero-order valence-corrected chi connectivity index (χ0v) is 11.5. The van der Waals surface area contributed by atoms with Crippen molar-refractivity contribution in [1.82, 2.24) is 9.21 Å². The van der Waals surface area contributed by atoms with Gasteiger partial charge in [-0.2, -0.15) is 0 Å². The molecule has 15 heavy (non-hydrogen) atoms. The minimum atomic E-state index is 0.652. The van der Waals surface area contributed by atoms with E-state index in [0.29, 0.717) is 5.41 Å². The molecule has 0 aromatic rings. The lowest BCUT2D eigenvalue weighted by atomic mass is 9.73. The predicted octanol–water partition coefficient (Wildman–Crippen LogP) is 2.68. The number of hydrogen-bond donors (Lipinski definition) is 1. The second-order valence-electron chi connectivity index (χ2n) is 5.17. The highest BCUT2D eigenvalue weighted by Crippen LogP contribution is 2.44. The van der Waals surface area contributed by atoms with Crippen LogP contribution >= 0.6 is 22.6 Å². The molecule has 0 bridgehead atoms. The zero-order chi connectivity index (χ0) is 10.9. The maximum absolute atomic E-state index is 4.25. The van der Waals surface area contributed by atoms with E-state index in [-0.39, 0.29) is 0 Å². The van der Waals surface area contributed by atoms with Crippen molar-refractivity contribution in [2.75, 3.05) is 26.2 Å². The highest BCUT2D eigenvalue weighted by Gasteiger charge is 2.45. The van der Waals surface area contributed by atoms with Crippen molar-refractivity contribution in [2.24, 2.45) is 5.41 Å². The summed E-state index contributed by atoms with van der Waals surface area (Å²) in [6.07, 6.45) is 4.07. The Kier molecular flexibility index (Phi) is 3.92. The lowest BCUT2D eigenvalue weighted by Crippen LogP contribution is -2.58. The molecule has 88 valence electrons. The van der Waals surface area contributed by atoms with Crippen LogP contribution in [0.3, 0.4) is 0 Å². The largest absolute Gasteiger partial charge is 0.301 e. The van der Waals surface area contributed by atoms with Gasteiger partial charge in [0.15, 0.2) is 0 Å². The quantitative estimate of drug-likeness (QED) is 0.465. The Balaban J connectivity index is 1.78. The number of nitrogens with zero attached hydrogens (tertiary/aromatic N) is 2. The third-order valence-electron chi connectivity index (χ3n) is 4.21. The zero-order valence-electron chi connectivity index (χ0n) is 9.78. The van der Waals surface area contributed by atoms with E-state index in [9.17, 15) is 0 Å². The van der Waals surface area contributed by atoms with Crippen molar-refractivity contribution < 1.29 is 0 Å². The molecular formula is C11H22N2S2. The van der Waals surface area contributed by atoms with Crippen LogP contribution in [-0.2, 0) is 0 Å². The Hall–Kier alpha value is 0.620. The molecule has 2 fully saturated rings. The van der Waals surface area contributed by atoms with Crippen LogP contribution in [0.5, 0.6) is 0 Å². The highest BCUT2D eigenvalue weighted by molar-refractivity contribution is 8.67. The summed E-state index contributed by atoms with van der Waals surface area (Å²) in [5.41, 5.74) is 0.652. The van der Waals surface area contributed by atoms with Gasteiger partial charge < -0.3 is 4.90 Å². The molecule has 2 nitrogen and oxygen atoms in total. The topological polar surface area (TPSA) is 6.48 Å². The van der Waals surface area contributed by atoms with E-state index in [1.54, 1.807) is 11.0 Å². The van der Waals surface area contributed by atoms with Crippen LogP contribution in [0.4, 0.5) is 0 Å². The van der Waals surface area contributed by atoms with E-state index >= 15 is 0 Å². The number of thiol groups is 1. The molecule has 1 spiro atoms.